The predicted molar refractivity (Wildman–Crippen MR) is 80.7 cm³/mol. The van der Waals surface area contributed by atoms with Crippen LogP contribution >= 0.6 is 12.2 Å². The number of halogens is 2. The molecule has 21 heavy (non-hydrogen) atoms. The molecule has 2 nitrogen and oxygen atoms in total. The lowest BCUT2D eigenvalue weighted by Crippen LogP contribution is -2.22. The van der Waals surface area contributed by atoms with Crippen molar-refractivity contribution in [3.8, 4) is 0 Å². The zero-order chi connectivity index (χ0) is 14.7. The summed E-state index contributed by atoms with van der Waals surface area (Å²) in [6.07, 6.45) is 5.17. The van der Waals surface area contributed by atoms with Crippen molar-refractivity contribution in [3.05, 3.63) is 28.5 Å². The average Bonchev–Trinajstić information content (AvgIpc) is 3.11. The minimum Gasteiger partial charge on any atom is -0.328 e. The summed E-state index contributed by atoms with van der Waals surface area (Å²) in [7, 11) is 0. The van der Waals surface area contributed by atoms with Crippen molar-refractivity contribution in [2.75, 3.05) is 0 Å². The number of fused-ring (bicyclic) bond motifs is 3. The highest BCUT2D eigenvalue weighted by molar-refractivity contribution is 7.71. The third-order valence-electron chi connectivity index (χ3n) is 5.56. The summed E-state index contributed by atoms with van der Waals surface area (Å²) in [4.78, 5) is 2.91. The molecule has 5 heteroatoms. The van der Waals surface area contributed by atoms with Crippen LogP contribution in [0.4, 0.5) is 8.78 Å². The van der Waals surface area contributed by atoms with Gasteiger partial charge in [0.2, 0.25) is 0 Å². The van der Waals surface area contributed by atoms with Crippen LogP contribution in [0.1, 0.15) is 38.6 Å². The van der Waals surface area contributed by atoms with E-state index < -0.39 is 11.6 Å². The molecule has 2 saturated carbocycles. The van der Waals surface area contributed by atoms with Gasteiger partial charge in [-0.25, -0.2) is 8.78 Å². The van der Waals surface area contributed by atoms with Crippen LogP contribution in [0.3, 0.4) is 0 Å². The topological polar surface area (TPSA) is 20.7 Å². The number of nitrogens with one attached hydrogen (secondary N) is 1. The Bertz CT molecular complexity index is 763. The van der Waals surface area contributed by atoms with Crippen molar-refractivity contribution in [2.45, 2.75) is 38.6 Å². The zero-order valence-corrected chi connectivity index (χ0v) is 12.7. The van der Waals surface area contributed by atoms with Crippen LogP contribution in [0, 0.1) is 34.2 Å². The van der Waals surface area contributed by atoms with E-state index in [2.05, 4.69) is 11.9 Å². The van der Waals surface area contributed by atoms with E-state index in [0.717, 1.165) is 17.9 Å². The number of rotatable bonds is 2. The zero-order valence-electron chi connectivity index (χ0n) is 11.9. The minimum atomic E-state index is -0.574. The van der Waals surface area contributed by atoms with Gasteiger partial charge in [0, 0.05) is 12.1 Å². The van der Waals surface area contributed by atoms with Crippen molar-refractivity contribution in [3.63, 3.8) is 0 Å². The summed E-state index contributed by atoms with van der Waals surface area (Å²) in [5.41, 5.74) is 0.865. The van der Waals surface area contributed by atoms with Gasteiger partial charge in [0.25, 0.3) is 0 Å². The SMILES string of the molecule is CC(C1CC2CCC1C2)n1c(=S)[nH]c2c(F)cc(F)cc21. The molecule has 2 fully saturated rings. The van der Waals surface area contributed by atoms with Crippen LogP contribution in [0.15, 0.2) is 12.1 Å². The second-order valence-corrected chi connectivity index (χ2v) is 7.05. The number of aromatic amines is 1. The van der Waals surface area contributed by atoms with Gasteiger partial charge in [0.1, 0.15) is 11.3 Å². The average molecular weight is 308 g/mol. The Balaban J connectivity index is 1.82. The van der Waals surface area contributed by atoms with Crippen molar-refractivity contribution < 1.29 is 8.78 Å². The number of aromatic nitrogens is 2. The van der Waals surface area contributed by atoms with Crippen molar-refractivity contribution >= 4 is 23.3 Å². The number of imidazole rings is 1. The van der Waals surface area contributed by atoms with Crippen LogP contribution in [0.25, 0.3) is 11.0 Å². The van der Waals surface area contributed by atoms with E-state index in [4.69, 9.17) is 12.2 Å². The number of benzene rings is 1. The second kappa shape index (κ2) is 4.63. The maximum absolute atomic E-state index is 13.9. The third kappa shape index (κ3) is 1.97. The highest BCUT2D eigenvalue weighted by Gasteiger charge is 2.42. The monoisotopic (exact) mass is 308 g/mol. The molecule has 2 aromatic rings. The van der Waals surface area contributed by atoms with Gasteiger partial charge in [0.15, 0.2) is 10.6 Å². The predicted octanol–water partition coefficient (Wildman–Crippen LogP) is 4.97. The molecule has 0 saturated heterocycles. The Labute approximate surface area is 127 Å². The molecular formula is C16H18F2N2S. The van der Waals surface area contributed by atoms with E-state index in [1.165, 1.54) is 31.7 Å². The van der Waals surface area contributed by atoms with Crippen molar-refractivity contribution in [1.82, 2.24) is 9.55 Å². The summed E-state index contributed by atoms with van der Waals surface area (Å²) >= 11 is 5.37. The van der Waals surface area contributed by atoms with E-state index in [1.807, 2.05) is 4.57 Å². The minimum absolute atomic E-state index is 0.183. The molecular weight excluding hydrogens is 290 g/mol. The van der Waals surface area contributed by atoms with Gasteiger partial charge >= 0.3 is 0 Å². The number of H-pyrrole nitrogens is 1. The lowest BCUT2D eigenvalue weighted by Gasteiger charge is -2.29. The molecule has 2 aliphatic rings. The number of hydrogen-bond donors (Lipinski definition) is 1. The molecule has 0 radical (unpaired) electrons. The quantitative estimate of drug-likeness (QED) is 0.776. The summed E-state index contributed by atoms with van der Waals surface area (Å²) in [5, 5.41) is 0. The molecule has 0 aliphatic heterocycles. The maximum Gasteiger partial charge on any atom is 0.178 e. The lowest BCUT2D eigenvalue weighted by molar-refractivity contribution is 0.245. The molecule has 1 heterocycles. The van der Waals surface area contributed by atoms with Gasteiger partial charge in [0.05, 0.1) is 5.52 Å². The van der Waals surface area contributed by atoms with E-state index >= 15 is 0 Å². The Morgan fingerprint density at radius 1 is 1.29 bits per heavy atom. The Morgan fingerprint density at radius 2 is 2.10 bits per heavy atom. The summed E-state index contributed by atoms with van der Waals surface area (Å²) in [6, 6.07) is 2.47. The Kier molecular flexibility index (Phi) is 2.96. The van der Waals surface area contributed by atoms with Gasteiger partial charge in [-0.2, -0.15) is 0 Å². The molecule has 4 rings (SSSR count). The van der Waals surface area contributed by atoms with Gasteiger partial charge in [-0.3, -0.25) is 0 Å². The van der Waals surface area contributed by atoms with E-state index in [-0.39, 0.29) is 6.04 Å². The second-order valence-electron chi connectivity index (χ2n) is 6.66. The molecule has 112 valence electrons. The Morgan fingerprint density at radius 3 is 2.76 bits per heavy atom. The molecule has 1 aromatic carbocycles. The standard InChI is InChI=1S/C16H18F2N2S/c1-8(12-5-9-2-3-10(12)4-9)20-14-7-11(17)6-13(18)15(14)19-16(20)21/h6-10,12H,2-5H2,1H3,(H,19,21). The van der Waals surface area contributed by atoms with E-state index in [1.54, 1.807) is 0 Å². The van der Waals surface area contributed by atoms with Gasteiger partial charge in [-0.15, -0.1) is 0 Å². The van der Waals surface area contributed by atoms with Crippen LogP contribution in [0.2, 0.25) is 0 Å². The first-order valence-corrected chi connectivity index (χ1v) is 8.04. The van der Waals surface area contributed by atoms with Crippen molar-refractivity contribution in [2.24, 2.45) is 17.8 Å². The molecule has 2 aliphatic carbocycles. The fraction of sp³-hybridized carbons (Fsp3) is 0.562. The molecule has 0 amide bonds. The highest BCUT2D eigenvalue weighted by Crippen LogP contribution is 2.52. The number of nitrogens with zero attached hydrogens (tertiary/aromatic N) is 1. The molecule has 1 aromatic heterocycles. The van der Waals surface area contributed by atoms with Crippen LogP contribution < -0.4 is 0 Å². The highest BCUT2D eigenvalue weighted by atomic mass is 32.1. The molecule has 4 unspecified atom stereocenters. The summed E-state index contributed by atoms with van der Waals surface area (Å²) in [5.74, 6) is 1.03. The van der Waals surface area contributed by atoms with Gasteiger partial charge < -0.3 is 9.55 Å². The molecule has 4 atom stereocenters. The first-order valence-electron chi connectivity index (χ1n) is 7.64. The Hall–Kier alpha value is -1.23. The van der Waals surface area contributed by atoms with E-state index in [0.29, 0.717) is 21.7 Å². The summed E-state index contributed by atoms with van der Waals surface area (Å²) < 4.78 is 29.9. The van der Waals surface area contributed by atoms with E-state index in [9.17, 15) is 8.78 Å². The van der Waals surface area contributed by atoms with Gasteiger partial charge in [-0.05, 0) is 62.2 Å². The van der Waals surface area contributed by atoms with Crippen LogP contribution in [0.5, 0.6) is 0 Å². The number of hydrogen-bond acceptors (Lipinski definition) is 1. The molecule has 0 spiro atoms. The normalized spacial score (nSPS) is 29.4. The molecule has 1 N–H and O–H groups in total. The van der Waals surface area contributed by atoms with Crippen LogP contribution in [-0.4, -0.2) is 9.55 Å². The fourth-order valence-corrected chi connectivity index (χ4v) is 5.00. The third-order valence-corrected chi connectivity index (χ3v) is 5.86. The largest absolute Gasteiger partial charge is 0.328 e. The van der Waals surface area contributed by atoms with Crippen LogP contribution in [-0.2, 0) is 0 Å². The smallest absolute Gasteiger partial charge is 0.178 e. The fourth-order valence-electron chi connectivity index (χ4n) is 4.63. The maximum atomic E-state index is 13.9. The summed E-state index contributed by atoms with van der Waals surface area (Å²) in [6.45, 7) is 2.14. The lowest BCUT2D eigenvalue weighted by atomic mass is 9.84. The van der Waals surface area contributed by atoms with Gasteiger partial charge in [-0.1, -0.05) is 6.42 Å². The molecule has 2 bridgehead atoms. The first kappa shape index (κ1) is 13.4. The first-order chi connectivity index (χ1) is 10.0. The van der Waals surface area contributed by atoms with Crippen molar-refractivity contribution in [1.29, 1.82) is 0 Å².